The summed E-state index contributed by atoms with van der Waals surface area (Å²) in [5.41, 5.74) is 6.15. The summed E-state index contributed by atoms with van der Waals surface area (Å²) in [4.78, 5) is 2.14. The Kier molecular flexibility index (Phi) is 5.72. The SMILES string of the molecule is N#CC1=C(N)C(C#N)(C#N)[C@H](c2c(F)cccc2Cl)[C@H]2CN(Cc3ccccc3)CC=C12. The van der Waals surface area contributed by atoms with E-state index in [-0.39, 0.29) is 21.9 Å². The van der Waals surface area contributed by atoms with E-state index < -0.39 is 23.1 Å². The van der Waals surface area contributed by atoms with Gasteiger partial charge in [-0.05, 0) is 23.3 Å². The Labute approximate surface area is 191 Å². The Morgan fingerprint density at radius 2 is 1.81 bits per heavy atom. The van der Waals surface area contributed by atoms with Gasteiger partial charge in [-0.1, -0.05) is 54.1 Å². The first-order chi connectivity index (χ1) is 15.5. The second-order valence-corrected chi connectivity index (χ2v) is 8.40. The van der Waals surface area contributed by atoms with Crippen LogP contribution in [0.15, 0.2) is 71.5 Å². The summed E-state index contributed by atoms with van der Waals surface area (Å²) in [5, 5.41) is 30.2. The fourth-order valence-corrected chi connectivity index (χ4v) is 5.11. The predicted octanol–water partition coefficient (Wildman–Crippen LogP) is 4.40. The molecular formula is C25H19ClFN5. The predicted molar refractivity (Wildman–Crippen MR) is 118 cm³/mol. The molecule has 0 radical (unpaired) electrons. The van der Waals surface area contributed by atoms with Gasteiger partial charge < -0.3 is 5.73 Å². The number of halogens is 2. The molecule has 2 aromatic carbocycles. The normalized spacial score (nSPS) is 22.2. The van der Waals surface area contributed by atoms with Crippen molar-refractivity contribution in [2.45, 2.75) is 12.5 Å². The van der Waals surface area contributed by atoms with E-state index in [1.807, 2.05) is 48.5 Å². The van der Waals surface area contributed by atoms with E-state index >= 15 is 4.39 Å². The maximum atomic E-state index is 15.1. The van der Waals surface area contributed by atoms with Crippen LogP contribution in [0.5, 0.6) is 0 Å². The lowest BCUT2D eigenvalue weighted by atomic mass is 9.58. The van der Waals surface area contributed by atoms with Crippen LogP contribution >= 0.6 is 11.6 Å². The van der Waals surface area contributed by atoms with Gasteiger partial charge in [0, 0.05) is 42.1 Å². The van der Waals surface area contributed by atoms with Crippen molar-refractivity contribution in [2.24, 2.45) is 17.1 Å². The third-order valence-corrected chi connectivity index (χ3v) is 6.63. The van der Waals surface area contributed by atoms with Gasteiger partial charge in [-0.3, -0.25) is 4.90 Å². The third-order valence-electron chi connectivity index (χ3n) is 6.30. The third kappa shape index (κ3) is 3.33. The van der Waals surface area contributed by atoms with E-state index in [1.54, 1.807) is 0 Å². The Balaban J connectivity index is 1.90. The van der Waals surface area contributed by atoms with Gasteiger partial charge in [0.1, 0.15) is 11.9 Å². The first-order valence-electron chi connectivity index (χ1n) is 10.1. The van der Waals surface area contributed by atoms with Crippen LogP contribution in [-0.4, -0.2) is 18.0 Å². The molecule has 0 aromatic heterocycles. The van der Waals surface area contributed by atoms with Crippen molar-refractivity contribution in [1.29, 1.82) is 15.8 Å². The number of nitrogens with zero attached hydrogens (tertiary/aromatic N) is 4. The van der Waals surface area contributed by atoms with Gasteiger partial charge in [0.25, 0.3) is 0 Å². The molecule has 32 heavy (non-hydrogen) atoms. The van der Waals surface area contributed by atoms with Gasteiger partial charge in [0.05, 0.1) is 23.4 Å². The summed E-state index contributed by atoms with van der Waals surface area (Å²) >= 11 is 6.41. The largest absolute Gasteiger partial charge is 0.399 e. The summed E-state index contributed by atoms with van der Waals surface area (Å²) in [6, 6.07) is 20.3. The fraction of sp³-hybridized carbons (Fsp3) is 0.240. The number of allylic oxidation sites excluding steroid dienone is 2. The van der Waals surface area contributed by atoms with Crippen LogP contribution in [0.1, 0.15) is 17.0 Å². The van der Waals surface area contributed by atoms with Crippen molar-refractivity contribution in [3.63, 3.8) is 0 Å². The molecule has 0 unspecified atom stereocenters. The Bertz CT molecular complexity index is 1210. The standard InChI is InChI=1S/C25H19ClFN5/c26-20-7-4-8-21(27)22(20)23-19-13-32(12-16-5-2-1-3-6-16)10-9-17(19)18(11-28)24(31)25(23,14-29)15-30/h1-9,19,23H,10,12-13,31H2/t19-,23-/m0/s1. The first kappa shape index (κ1) is 21.6. The highest BCUT2D eigenvalue weighted by atomic mass is 35.5. The van der Waals surface area contributed by atoms with Crippen LogP contribution in [0.25, 0.3) is 0 Å². The average Bonchev–Trinajstić information content (AvgIpc) is 2.80. The molecule has 0 saturated carbocycles. The van der Waals surface area contributed by atoms with Crippen LogP contribution in [0.3, 0.4) is 0 Å². The van der Waals surface area contributed by atoms with Crippen molar-refractivity contribution in [2.75, 3.05) is 13.1 Å². The number of fused-ring (bicyclic) bond motifs is 1. The summed E-state index contributed by atoms with van der Waals surface area (Å²) in [7, 11) is 0. The second-order valence-electron chi connectivity index (χ2n) is 7.99. The maximum absolute atomic E-state index is 15.1. The van der Waals surface area contributed by atoms with E-state index in [1.165, 1.54) is 18.2 Å². The molecule has 1 aliphatic heterocycles. The number of benzene rings is 2. The number of hydrogen-bond acceptors (Lipinski definition) is 5. The Hall–Kier alpha value is -3.63. The number of nitrogens with two attached hydrogens (primary N) is 1. The van der Waals surface area contributed by atoms with Crippen LogP contribution in [0, 0.1) is 51.1 Å². The topological polar surface area (TPSA) is 101 Å². The van der Waals surface area contributed by atoms with Crippen molar-refractivity contribution in [1.82, 2.24) is 4.90 Å². The van der Waals surface area contributed by atoms with E-state index in [4.69, 9.17) is 17.3 Å². The van der Waals surface area contributed by atoms with Gasteiger partial charge in [0.2, 0.25) is 0 Å². The van der Waals surface area contributed by atoms with Crippen LogP contribution in [0.4, 0.5) is 4.39 Å². The van der Waals surface area contributed by atoms with Crippen molar-refractivity contribution >= 4 is 11.6 Å². The molecule has 4 rings (SSSR count). The van der Waals surface area contributed by atoms with Crippen LogP contribution < -0.4 is 5.73 Å². The lowest BCUT2D eigenvalue weighted by molar-refractivity contribution is 0.199. The first-order valence-corrected chi connectivity index (χ1v) is 10.5. The minimum absolute atomic E-state index is 0.0784. The van der Waals surface area contributed by atoms with Gasteiger partial charge in [-0.25, -0.2) is 4.39 Å². The molecule has 1 heterocycles. The molecule has 0 amide bonds. The van der Waals surface area contributed by atoms with Crippen LogP contribution in [-0.2, 0) is 6.54 Å². The molecule has 2 N–H and O–H groups in total. The van der Waals surface area contributed by atoms with Gasteiger partial charge in [0.15, 0.2) is 5.41 Å². The molecule has 0 saturated heterocycles. The monoisotopic (exact) mass is 443 g/mol. The zero-order chi connectivity index (χ0) is 22.9. The van der Waals surface area contributed by atoms with Gasteiger partial charge in [-0.2, -0.15) is 15.8 Å². The molecular weight excluding hydrogens is 425 g/mol. The summed E-state index contributed by atoms with van der Waals surface area (Å²) in [5.74, 6) is -2.08. The number of rotatable bonds is 3. The molecule has 2 aromatic rings. The van der Waals surface area contributed by atoms with Crippen molar-refractivity contribution < 1.29 is 4.39 Å². The highest BCUT2D eigenvalue weighted by molar-refractivity contribution is 6.31. The van der Waals surface area contributed by atoms with E-state index in [9.17, 15) is 15.8 Å². The lowest BCUT2D eigenvalue weighted by Gasteiger charge is -2.45. The summed E-state index contributed by atoms with van der Waals surface area (Å²) < 4.78 is 15.1. The highest BCUT2D eigenvalue weighted by Gasteiger charge is 2.55. The zero-order valence-electron chi connectivity index (χ0n) is 17.1. The van der Waals surface area contributed by atoms with Crippen LogP contribution in [0.2, 0.25) is 5.02 Å². The van der Waals surface area contributed by atoms with Crippen molar-refractivity contribution in [3.05, 3.63) is 93.4 Å². The quantitative estimate of drug-likeness (QED) is 0.757. The fourth-order valence-electron chi connectivity index (χ4n) is 4.83. The zero-order valence-corrected chi connectivity index (χ0v) is 17.9. The van der Waals surface area contributed by atoms with Gasteiger partial charge in [-0.15, -0.1) is 0 Å². The van der Waals surface area contributed by atoms with Crippen molar-refractivity contribution in [3.8, 4) is 18.2 Å². The Morgan fingerprint density at radius 1 is 1.09 bits per heavy atom. The minimum atomic E-state index is -1.92. The molecule has 2 atom stereocenters. The van der Waals surface area contributed by atoms with E-state index in [0.29, 0.717) is 25.2 Å². The van der Waals surface area contributed by atoms with E-state index in [0.717, 1.165) is 5.56 Å². The molecule has 5 nitrogen and oxygen atoms in total. The minimum Gasteiger partial charge on any atom is -0.399 e. The van der Waals surface area contributed by atoms with Gasteiger partial charge >= 0.3 is 0 Å². The smallest absolute Gasteiger partial charge is 0.191 e. The molecule has 0 bridgehead atoms. The maximum Gasteiger partial charge on any atom is 0.191 e. The second kappa shape index (κ2) is 8.48. The molecule has 1 aliphatic carbocycles. The highest BCUT2D eigenvalue weighted by Crippen LogP contribution is 2.55. The molecule has 0 spiro atoms. The molecule has 0 fully saturated rings. The lowest BCUT2D eigenvalue weighted by Crippen LogP contribution is -2.48. The number of hydrogen-bond donors (Lipinski definition) is 1. The molecule has 2 aliphatic rings. The summed E-state index contributed by atoms with van der Waals surface area (Å²) in [6.07, 6.45) is 1.89. The average molecular weight is 444 g/mol. The molecule has 7 heteroatoms. The van der Waals surface area contributed by atoms with E-state index in [2.05, 4.69) is 11.0 Å². The molecule has 158 valence electrons. The summed E-state index contributed by atoms with van der Waals surface area (Å²) in [6.45, 7) is 1.61. The number of nitriles is 3. The Morgan fingerprint density at radius 3 is 2.44 bits per heavy atom.